The Morgan fingerprint density at radius 2 is 2.39 bits per heavy atom. The van der Waals surface area contributed by atoms with Crippen molar-refractivity contribution in [3.8, 4) is 5.88 Å². The van der Waals surface area contributed by atoms with Crippen molar-refractivity contribution in [3.63, 3.8) is 0 Å². The fraction of sp³-hybridized carbons (Fsp3) is 0.600. The van der Waals surface area contributed by atoms with E-state index in [2.05, 4.69) is 10.4 Å². The van der Waals surface area contributed by atoms with Gasteiger partial charge in [0, 0.05) is 0 Å². The van der Waals surface area contributed by atoms with E-state index in [1.54, 1.807) is 0 Å². The summed E-state index contributed by atoms with van der Waals surface area (Å²) in [5, 5.41) is 6.28. The fourth-order valence-electron chi connectivity index (χ4n) is 1.39. The number of alkyl halides is 2. The van der Waals surface area contributed by atoms with E-state index in [1.165, 1.54) is 13.1 Å². The third kappa shape index (κ3) is 2.58. The summed E-state index contributed by atoms with van der Waals surface area (Å²) in [6.07, 6.45) is -0.935. The summed E-state index contributed by atoms with van der Waals surface area (Å²) in [4.78, 5) is 10.4. The third-order valence-corrected chi connectivity index (χ3v) is 2.58. The lowest BCUT2D eigenvalue weighted by atomic mass is 10.3. The Labute approximate surface area is 102 Å². The Hall–Kier alpha value is -1.70. The zero-order valence-corrected chi connectivity index (χ0v) is 9.68. The van der Waals surface area contributed by atoms with E-state index < -0.39 is 12.5 Å². The maximum absolute atomic E-state index is 12.6. The maximum Gasteiger partial charge on any atom is 0.260 e. The quantitative estimate of drug-likeness (QED) is 0.777. The second-order valence-electron chi connectivity index (χ2n) is 3.94. The van der Waals surface area contributed by atoms with Gasteiger partial charge in [-0.05, 0) is 6.92 Å². The van der Waals surface area contributed by atoms with Crippen molar-refractivity contribution in [2.24, 2.45) is 0 Å². The first-order chi connectivity index (χ1) is 8.61. The topological polar surface area (TPSA) is 65.4 Å². The molecule has 0 unspecified atom stereocenters. The fourth-order valence-corrected chi connectivity index (χ4v) is 1.39. The average Bonchev–Trinajstić information content (AvgIpc) is 2.66. The van der Waals surface area contributed by atoms with Crippen LogP contribution in [0.15, 0.2) is 6.20 Å². The van der Waals surface area contributed by atoms with Crippen molar-refractivity contribution in [2.75, 3.05) is 18.5 Å². The number of anilines is 1. The van der Waals surface area contributed by atoms with Gasteiger partial charge in [-0.1, -0.05) is 0 Å². The number of nitrogens with one attached hydrogen (secondary N) is 1. The molecule has 0 spiro atoms. The number of rotatable bonds is 6. The molecule has 1 fully saturated rings. The van der Waals surface area contributed by atoms with Crippen molar-refractivity contribution in [1.82, 2.24) is 9.78 Å². The molecule has 18 heavy (non-hydrogen) atoms. The molecule has 0 bridgehead atoms. The standard InChI is InChI=1S/C10H13F2N3O3/c1-6(9(11)12)15-2-8(13-5-16)10(14-15)18-7-3-17-4-7/h2,5-7,9H,3-4H2,1H3,(H,13,16)/t6-/m1/s1. The Morgan fingerprint density at radius 1 is 1.67 bits per heavy atom. The average molecular weight is 261 g/mol. The third-order valence-electron chi connectivity index (χ3n) is 2.58. The minimum atomic E-state index is -2.55. The first kappa shape index (κ1) is 12.7. The maximum atomic E-state index is 12.6. The van der Waals surface area contributed by atoms with Crippen LogP contribution in [0.1, 0.15) is 13.0 Å². The number of ether oxygens (including phenoxy) is 2. The van der Waals surface area contributed by atoms with E-state index in [-0.39, 0.29) is 17.7 Å². The predicted molar refractivity (Wildman–Crippen MR) is 57.9 cm³/mol. The lowest BCUT2D eigenvalue weighted by Gasteiger charge is -2.25. The van der Waals surface area contributed by atoms with Gasteiger partial charge in [-0.3, -0.25) is 9.48 Å². The highest BCUT2D eigenvalue weighted by molar-refractivity contribution is 5.73. The Balaban J connectivity index is 2.16. The molecule has 1 amide bonds. The number of halogens is 2. The number of hydrogen-bond acceptors (Lipinski definition) is 4. The summed E-state index contributed by atoms with van der Waals surface area (Å²) in [5.41, 5.74) is 0.268. The molecule has 1 aliphatic heterocycles. The largest absolute Gasteiger partial charge is 0.467 e. The summed E-state index contributed by atoms with van der Waals surface area (Å²) in [5.74, 6) is 0.128. The summed E-state index contributed by atoms with van der Waals surface area (Å²) >= 11 is 0. The van der Waals surface area contributed by atoms with E-state index in [9.17, 15) is 13.6 Å². The highest BCUT2D eigenvalue weighted by atomic mass is 19.3. The zero-order chi connectivity index (χ0) is 13.1. The van der Waals surface area contributed by atoms with E-state index in [0.29, 0.717) is 19.6 Å². The van der Waals surface area contributed by atoms with Crippen LogP contribution < -0.4 is 10.1 Å². The predicted octanol–water partition coefficient (Wildman–Crippen LogP) is 1.06. The normalized spacial score (nSPS) is 17.3. The second kappa shape index (κ2) is 5.30. The lowest BCUT2D eigenvalue weighted by Crippen LogP contribution is -2.38. The van der Waals surface area contributed by atoms with Crippen LogP contribution in [0.4, 0.5) is 14.5 Å². The molecular weight excluding hydrogens is 248 g/mol. The molecule has 0 aliphatic carbocycles. The molecule has 2 heterocycles. The SMILES string of the molecule is C[C@H](C(F)F)n1cc(NC=O)c(OC2COC2)n1. The van der Waals surface area contributed by atoms with Crippen molar-refractivity contribution >= 4 is 12.1 Å². The molecule has 0 aromatic carbocycles. The lowest BCUT2D eigenvalue weighted by molar-refractivity contribution is -0.105. The van der Waals surface area contributed by atoms with Crippen LogP contribution in [0.2, 0.25) is 0 Å². The van der Waals surface area contributed by atoms with Crippen molar-refractivity contribution in [1.29, 1.82) is 0 Å². The van der Waals surface area contributed by atoms with Crippen LogP contribution in [-0.4, -0.2) is 41.9 Å². The minimum Gasteiger partial charge on any atom is -0.467 e. The Morgan fingerprint density at radius 3 is 2.89 bits per heavy atom. The molecule has 2 rings (SSSR count). The van der Waals surface area contributed by atoms with Gasteiger partial charge in [-0.15, -0.1) is 5.10 Å². The van der Waals surface area contributed by atoms with E-state index in [4.69, 9.17) is 9.47 Å². The number of carbonyl (C=O) groups excluding carboxylic acids is 1. The van der Waals surface area contributed by atoms with Gasteiger partial charge in [-0.2, -0.15) is 0 Å². The molecule has 100 valence electrons. The summed E-state index contributed by atoms with van der Waals surface area (Å²) < 4.78 is 36.6. The van der Waals surface area contributed by atoms with Crippen LogP contribution in [0, 0.1) is 0 Å². The number of carbonyl (C=O) groups is 1. The summed E-state index contributed by atoms with van der Waals surface area (Å²) in [6, 6.07) is -1.09. The van der Waals surface area contributed by atoms with Gasteiger partial charge in [0.1, 0.15) is 17.8 Å². The van der Waals surface area contributed by atoms with Gasteiger partial charge in [0.15, 0.2) is 0 Å². The van der Waals surface area contributed by atoms with Crippen molar-refractivity contribution in [2.45, 2.75) is 25.5 Å². The van der Waals surface area contributed by atoms with Gasteiger partial charge in [-0.25, -0.2) is 8.78 Å². The Bertz CT molecular complexity index is 421. The Kier molecular flexibility index (Phi) is 3.75. The molecule has 6 nitrogen and oxygen atoms in total. The number of nitrogens with zero attached hydrogens (tertiary/aromatic N) is 2. The monoisotopic (exact) mass is 261 g/mol. The first-order valence-corrected chi connectivity index (χ1v) is 5.43. The summed E-state index contributed by atoms with van der Waals surface area (Å²) in [7, 11) is 0. The molecule has 1 N–H and O–H groups in total. The van der Waals surface area contributed by atoms with Crippen LogP contribution in [0.3, 0.4) is 0 Å². The molecule has 1 atom stereocenters. The molecule has 0 radical (unpaired) electrons. The second-order valence-corrected chi connectivity index (χ2v) is 3.94. The van der Waals surface area contributed by atoms with Gasteiger partial charge in [0.05, 0.1) is 19.4 Å². The molecule has 1 aromatic rings. The highest BCUT2D eigenvalue weighted by Crippen LogP contribution is 2.27. The molecule has 1 aromatic heterocycles. The van der Waals surface area contributed by atoms with Crippen LogP contribution in [-0.2, 0) is 9.53 Å². The molecule has 1 saturated heterocycles. The molecule has 1 aliphatic rings. The number of hydrogen-bond donors (Lipinski definition) is 1. The van der Waals surface area contributed by atoms with Crippen LogP contribution >= 0.6 is 0 Å². The smallest absolute Gasteiger partial charge is 0.260 e. The minimum absolute atomic E-state index is 0.128. The van der Waals surface area contributed by atoms with Gasteiger partial charge in [0.2, 0.25) is 6.41 Å². The first-order valence-electron chi connectivity index (χ1n) is 5.43. The van der Waals surface area contributed by atoms with Gasteiger partial charge in [0.25, 0.3) is 12.3 Å². The highest BCUT2D eigenvalue weighted by Gasteiger charge is 2.25. The van der Waals surface area contributed by atoms with Crippen LogP contribution in [0.5, 0.6) is 5.88 Å². The van der Waals surface area contributed by atoms with E-state index in [0.717, 1.165) is 4.68 Å². The van der Waals surface area contributed by atoms with Crippen molar-refractivity contribution in [3.05, 3.63) is 6.20 Å². The van der Waals surface area contributed by atoms with Gasteiger partial charge < -0.3 is 14.8 Å². The van der Waals surface area contributed by atoms with E-state index in [1.807, 2.05) is 0 Å². The van der Waals surface area contributed by atoms with Gasteiger partial charge >= 0.3 is 0 Å². The number of aromatic nitrogens is 2. The van der Waals surface area contributed by atoms with Crippen molar-refractivity contribution < 1.29 is 23.0 Å². The molecule has 8 heteroatoms. The zero-order valence-electron chi connectivity index (χ0n) is 9.68. The molecule has 0 saturated carbocycles. The summed E-state index contributed by atoms with van der Waals surface area (Å²) in [6.45, 7) is 2.19. The van der Waals surface area contributed by atoms with E-state index >= 15 is 0 Å². The van der Waals surface area contributed by atoms with Crippen LogP contribution in [0.25, 0.3) is 0 Å². The molecular formula is C10H13F2N3O3. The number of amides is 1.